The number of hydrogen-bond donors (Lipinski definition) is 0. The zero-order valence-corrected chi connectivity index (χ0v) is 25.7. The van der Waals surface area contributed by atoms with E-state index in [2.05, 4.69) is 136 Å². The summed E-state index contributed by atoms with van der Waals surface area (Å²) in [6.45, 7) is 4.70. The number of ether oxygens (including phenoxy) is 1. The van der Waals surface area contributed by atoms with Gasteiger partial charge in [-0.1, -0.05) is 105 Å². The van der Waals surface area contributed by atoms with E-state index in [1.807, 2.05) is 23.5 Å². The summed E-state index contributed by atoms with van der Waals surface area (Å²) in [6.07, 6.45) is 11.1. The third-order valence-corrected chi connectivity index (χ3v) is 11.0. The molecule has 0 spiro atoms. The van der Waals surface area contributed by atoms with Crippen LogP contribution in [0.15, 0.2) is 113 Å². The molecule has 0 fully saturated rings. The van der Waals surface area contributed by atoms with Crippen LogP contribution < -0.4 is 4.74 Å². The highest BCUT2D eigenvalue weighted by atomic mass is 32.2. The SMILES string of the molecule is CCC1(CC)c2ccccc2-c2c1c1c(c3cc(SC)c(SC)cc23)OC(c2ccccc2)(c2ccccc2)C=C1. The van der Waals surface area contributed by atoms with E-state index < -0.39 is 5.60 Å². The summed E-state index contributed by atoms with van der Waals surface area (Å²) in [6, 6.07) is 35.3. The molecule has 1 aliphatic carbocycles. The van der Waals surface area contributed by atoms with Crippen molar-refractivity contribution in [2.75, 3.05) is 12.5 Å². The third-order valence-electron chi connectivity index (χ3n) is 9.35. The minimum Gasteiger partial charge on any atom is -0.472 e. The average molecular weight is 571 g/mol. The Morgan fingerprint density at radius 2 is 1.24 bits per heavy atom. The lowest BCUT2D eigenvalue weighted by Crippen LogP contribution is -2.35. The molecule has 0 atom stereocenters. The molecule has 204 valence electrons. The molecule has 1 aliphatic heterocycles. The van der Waals surface area contributed by atoms with E-state index in [1.54, 1.807) is 0 Å². The molecule has 2 aliphatic rings. The molecule has 1 heterocycles. The molecule has 0 N–H and O–H groups in total. The molecule has 0 saturated carbocycles. The van der Waals surface area contributed by atoms with Gasteiger partial charge in [0.1, 0.15) is 5.75 Å². The topological polar surface area (TPSA) is 9.23 Å². The van der Waals surface area contributed by atoms with Crippen molar-refractivity contribution in [2.24, 2.45) is 0 Å². The number of benzene rings is 5. The summed E-state index contributed by atoms with van der Waals surface area (Å²) < 4.78 is 7.48. The van der Waals surface area contributed by atoms with Crippen molar-refractivity contribution in [2.45, 2.75) is 47.5 Å². The Morgan fingerprint density at radius 1 is 0.683 bits per heavy atom. The Kier molecular flexibility index (Phi) is 6.56. The predicted octanol–water partition coefficient (Wildman–Crippen LogP) is 10.7. The van der Waals surface area contributed by atoms with Crippen molar-refractivity contribution in [3.8, 4) is 16.9 Å². The second kappa shape index (κ2) is 10.2. The first kappa shape index (κ1) is 26.5. The molecule has 0 unspecified atom stereocenters. The molecule has 0 amide bonds. The minimum atomic E-state index is -0.721. The van der Waals surface area contributed by atoms with Crippen LogP contribution >= 0.6 is 23.5 Å². The summed E-state index contributed by atoms with van der Waals surface area (Å²) in [7, 11) is 0. The van der Waals surface area contributed by atoms with Crippen molar-refractivity contribution in [1.29, 1.82) is 0 Å². The molecule has 0 aromatic heterocycles. The van der Waals surface area contributed by atoms with Crippen LogP contribution in [-0.4, -0.2) is 12.5 Å². The van der Waals surface area contributed by atoms with E-state index >= 15 is 0 Å². The first-order chi connectivity index (χ1) is 20.1. The zero-order valence-electron chi connectivity index (χ0n) is 24.0. The van der Waals surface area contributed by atoms with E-state index in [1.165, 1.54) is 48.4 Å². The summed E-state index contributed by atoms with van der Waals surface area (Å²) in [5.41, 5.74) is 8.36. The lowest BCUT2D eigenvalue weighted by atomic mass is 9.71. The Hall–Kier alpha value is -3.40. The highest BCUT2D eigenvalue weighted by Crippen LogP contribution is 2.60. The van der Waals surface area contributed by atoms with E-state index in [9.17, 15) is 0 Å². The van der Waals surface area contributed by atoms with Crippen LogP contribution in [-0.2, 0) is 11.0 Å². The fourth-order valence-corrected chi connectivity index (χ4v) is 8.82. The first-order valence-electron chi connectivity index (χ1n) is 14.5. The molecule has 7 rings (SSSR count). The van der Waals surface area contributed by atoms with Gasteiger partial charge in [0, 0.05) is 37.3 Å². The van der Waals surface area contributed by atoms with Crippen LogP contribution in [0.25, 0.3) is 28.0 Å². The Labute approximate surface area is 252 Å². The maximum atomic E-state index is 7.48. The Balaban J connectivity index is 1.63. The molecule has 5 aromatic carbocycles. The van der Waals surface area contributed by atoms with Crippen LogP contribution in [0.2, 0.25) is 0 Å². The van der Waals surface area contributed by atoms with Crippen LogP contribution in [0.3, 0.4) is 0 Å². The van der Waals surface area contributed by atoms with Crippen molar-refractivity contribution in [3.05, 3.63) is 131 Å². The quantitative estimate of drug-likeness (QED) is 0.188. The van der Waals surface area contributed by atoms with Gasteiger partial charge in [0.25, 0.3) is 0 Å². The summed E-state index contributed by atoms with van der Waals surface area (Å²) in [5.74, 6) is 0.996. The highest BCUT2D eigenvalue weighted by Gasteiger charge is 2.46. The molecular weight excluding hydrogens is 537 g/mol. The number of fused-ring (bicyclic) bond motifs is 8. The zero-order chi connectivity index (χ0) is 28.2. The van der Waals surface area contributed by atoms with E-state index in [-0.39, 0.29) is 5.41 Å². The lowest BCUT2D eigenvalue weighted by molar-refractivity contribution is 0.163. The number of rotatable bonds is 6. The lowest BCUT2D eigenvalue weighted by Gasteiger charge is -2.39. The molecular formula is C38H34OS2. The molecule has 5 aromatic rings. The van der Waals surface area contributed by atoms with Crippen LogP contribution in [0.5, 0.6) is 5.75 Å². The third kappa shape index (κ3) is 3.72. The highest BCUT2D eigenvalue weighted by molar-refractivity contribution is 8.01. The van der Waals surface area contributed by atoms with E-state index in [0.717, 1.165) is 29.7 Å². The summed E-state index contributed by atoms with van der Waals surface area (Å²) in [4.78, 5) is 2.61. The van der Waals surface area contributed by atoms with Gasteiger partial charge < -0.3 is 4.74 Å². The fraction of sp³-hybridized carbons (Fsp3) is 0.211. The van der Waals surface area contributed by atoms with Gasteiger partial charge in [0.2, 0.25) is 0 Å². The average Bonchev–Trinajstić information content (AvgIpc) is 3.35. The largest absolute Gasteiger partial charge is 0.472 e. The second-order valence-electron chi connectivity index (χ2n) is 11.0. The molecule has 41 heavy (non-hydrogen) atoms. The Morgan fingerprint density at radius 3 is 1.83 bits per heavy atom. The first-order valence-corrected chi connectivity index (χ1v) is 16.9. The van der Waals surface area contributed by atoms with Gasteiger partial charge in [-0.3, -0.25) is 0 Å². The van der Waals surface area contributed by atoms with Gasteiger partial charge in [-0.05, 0) is 71.2 Å². The number of hydrogen-bond acceptors (Lipinski definition) is 3. The van der Waals surface area contributed by atoms with Crippen molar-refractivity contribution in [1.82, 2.24) is 0 Å². The van der Waals surface area contributed by atoms with E-state index in [4.69, 9.17) is 4.74 Å². The van der Waals surface area contributed by atoms with Crippen molar-refractivity contribution >= 4 is 40.4 Å². The predicted molar refractivity (Wildman–Crippen MR) is 178 cm³/mol. The Bertz CT molecular complexity index is 1760. The number of thioether (sulfide) groups is 2. The van der Waals surface area contributed by atoms with Crippen molar-refractivity contribution in [3.63, 3.8) is 0 Å². The van der Waals surface area contributed by atoms with Gasteiger partial charge in [0.05, 0.1) is 0 Å². The summed E-state index contributed by atoms with van der Waals surface area (Å²) >= 11 is 3.64. The smallest absolute Gasteiger partial charge is 0.178 e. The summed E-state index contributed by atoms with van der Waals surface area (Å²) in [5, 5.41) is 2.49. The molecule has 0 radical (unpaired) electrons. The fourth-order valence-electron chi connectivity index (χ4n) is 7.33. The molecule has 0 bridgehead atoms. The maximum Gasteiger partial charge on any atom is 0.178 e. The van der Waals surface area contributed by atoms with Crippen LogP contribution in [0, 0.1) is 0 Å². The minimum absolute atomic E-state index is 0.0604. The van der Waals surface area contributed by atoms with Crippen molar-refractivity contribution < 1.29 is 4.74 Å². The van der Waals surface area contributed by atoms with Gasteiger partial charge in [-0.15, -0.1) is 23.5 Å². The normalized spacial score (nSPS) is 15.7. The molecule has 3 heteroatoms. The van der Waals surface area contributed by atoms with Gasteiger partial charge in [0.15, 0.2) is 5.60 Å². The maximum absolute atomic E-state index is 7.48. The second-order valence-corrected chi connectivity index (χ2v) is 12.7. The molecule has 0 saturated heterocycles. The van der Waals surface area contributed by atoms with Gasteiger partial charge >= 0.3 is 0 Å². The van der Waals surface area contributed by atoms with E-state index in [0.29, 0.717) is 0 Å². The van der Waals surface area contributed by atoms with Crippen LogP contribution in [0.4, 0.5) is 0 Å². The van der Waals surface area contributed by atoms with Gasteiger partial charge in [-0.25, -0.2) is 0 Å². The monoisotopic (exact) mass is 570 g/mol. The van der Waals surface area contributed by atoms with Crippen LogP contribution in [0.1, 0.15) is 54.5 Å². The molecule has 1 nitrogen and oxygen atoms in total. The van der Waals surface area contributed by atoms with Gasteiger partial charge in [-0.2, -0.15) is 0 Å². The standard InChI is InChI=1S/C38H34OS2/c1-5-37(6-2)31-20-14-13-19-27(31)34-29-23-32(40-3)33(41-4)24-30(29)36-28(35(34)37)21-22-38(39-36,25-15-9-7-10-16-25)26-17-11-8-12-18-26/h7-24H,5-6H2,1-4H3.